The fourth-order valence-electron chi connectivity index (χ4n) is 3.81. The number of nitrogens with one attached hydrogen (secondary N) is 1. The van der Waals surface area contributed by atoms with Gasteiger partial charge in [0.1, 0.15) is 5.82 Å². The number of benzene rings is 2. The maximum absolute atomic E-state index is 14.6. The molecule has 16 heteroatoms. The number of hydrogen-bond acceptors (Lipinski definition) is 7. The van der Waals surface area contributed by atoms with Gasteiger partial charge >= 0.3 is 11.4 Å². The number of nitrogens with zero attached hydrogens (tertiary/aromatic N) is 6. The van der Waals surface area contributed by atoms with Gasteiger partial charge < -0.3 is 5.32 Å². The SMILES string of the molecule is [B]C([B])(c1cscn1)n1c(=O)nc(Nc2cc3cn(C)nc3cc2Cl)n(Cc2cc(F)c(F)cc2F)c1=O. The standard InChI is InChI=1S/C22H13B2ClF3N7O2S/c1-33-6-11-3-17(12(25)4-16(11)32-33)30-19-31-20(36)35(22(23,24)18-8-38-9-29-18)21(37)34(19)7-10-2-14(27)15(28)5-13(10)26/h2-6,8-9H,7H2,1H3,(H,30,31,36). The Bertz CT molecular complexity index is 1820. The van der Waals surface area contributed by atoms with Crippen LogP contribution < -0.4 is 16.7 Å². The molecule has 0 aliphatic carbocycles. The van der Waals surface area contributed by atoms with E-state index >= 15 is 0 Å². The van der Waals surface area contributed by atoms with Crippen LogP contribution >= 0.6 is 22.9 Å². The molecule has 0 bridgehead atoms. The highest BCUT2D eigenvalue weighted by atomic mass is 35.5. The Morgan fingerprint density at radius 3 is 2.55 bits per heavy atom. The van der Waals surface area contributed by atoms with Crippen LogP contribution in [0.15, 0.2) is 50.9 Å². The van der Waals surface area contributed by atoms with E-state index in [-0.39, 0.29) is 22.4 Å². The van der Waals surface area contributed by atoms with Crippen molar-refractivity contribution in [3.8, 4) is 0 Å². The Morgan fingerprint density at radius 2 is 1.84 bits per heavy atom. The van der Waals surface area contributed by atoms with Gasteiger partial charge in [0, 0.05) is 41.0 Å². The van der Waals surface area contributed by atoms with Gasteiger partial charge in [0.2, 0.25) is 5.95 Å². The summed E-state index contributed by atoms with van der Waals surface area (Å²) in [7, 11) is 14.0. The van der Waals surface area contributed by atoms with Crippen LogP contribution in [0.1, 0.15) is 11.3 Å². The quantitative estimate of drug-likeness (QED) is 0.257. The summed E-state index contributed by atoms with van der Waals surface area (Å²) < 4.78 is 44.8. The number of hydrogen-bond donors (Lipinski definition) is 1. The number of rotatable bonds is 6. The molecule has 9 nitrogen and oxygen atoms in total. The van der Waals surface area contributed by atoms with Crippen molar-refractivity contribution in [1.29, 1.82) is 0 Å². The number of fused-ring (bicyclic) bond motifs is 1. The number of aryl methyl sites for hydroxylation is 1. The maximum atomic E-state index is 14.6. The van der Waals surface area contributed by atoms with Gasteiger partial charge in [-0.1, -0.05) is 11.6 Å². The lowest BCUT2D eigenvalue weighted by Gasteiger charge is -2.27. The lowest BCUT2D eigenvalue weighted by atomic mass is 9.60. The predicted molar refractivity (Wildman–Crippen MR) is 138 cm³/mol. The molecule has 0 unspecified atom stereocenters. The second kappa shape index (κ2) is 9.48. The van der Waals surface area contributed by atoms with Crippen molar-refractivity contribution in [3.63, 3.8) is 0 Å². The third kappa shape index (κ3) is 4.52. The zero-order chi connectivity index (χ0) is 27.4. The Balaban J connectivity index is 1.71. The van der Waals surface area contributed by atoms with Crippen molar-refractivity contribution in [3.05, 3.63) is 96.1 Å². The van der Waals surface area contributed by atoms with Crippen molar-refractivity contribution >= 4 is 61.2 Å². The van der Waals surface area contributed by atoms with Gasteiger partial charge in [0.15, 0.2) is 11.6 Å². The van der Waals surface area contributed by atoms with Gasteiger partial charge in [0.25, 0.3) is 0 Å². The van der Waals surface area contributed by atoms with Crippen molar-refractivity contribution in [2.45, 2.75) is 11.9 Å². The normalized spacial score (nSPS) is 11.8. The van der Waals surface area contributed by atoms with E-state index in [4.69, 9.17) is 27.3 Å². The van der Waals surface area contributed by atoms with Gasteiger partial charge in [-0.2, -0.15) is 10.1 Å². The molecule has 1 N–H and O–H groups in total. The van der Waals surface area contributed by atoms with E-state index in [2.05, 4.69) is 20.4 Å². The zero-order valence-corrected chi connectivity index (χ0v) is 20.9. The molecular formula is C22H13B2ClF3N7O2S. The first-order chi connectivity index (χ1) is 18.0. The van der Waals surface area contributed by atoms with Gasteiger partial charge in [-0.3, -0.25) is 9.25 Å². The molecule has 0 aliphatic heterocycles. The Kier molecular flexibility index (Phi) is 6.43. The molecule has 0 saturated carbocycles. The van der Waals surface area contributed by atoms with Gasteiger partial charge in [-0.15, -0.1) is 11.3 Å². The van der Waals surface area contributed by atoms with Crippen LogP contribution in [-0.4, -0.2) is 44.6 Å². The van der Waals surface area contributed by atoms with E-state index < -0.39 is 46.3 Å². The summed E-state index contributed by atoms with van der Waals surface area (Å²) >= 11 is 7.50. The highest BCUT2D eigenvalue weighted by Gasteiger charge is 2.30. The van der Waals surface area contributed by atoms with E-state index in [0.717, 1.165) is 15.9 Å². The zero-order valence-electron chi connectivity index (χ0n) is 19.3. The van der Waals surface area contributed by atoms with E-state index in [9.17, 15) is 22.8 Å². The van der Waals surface area contributed by atoms with Gasteiger partial charge in [-0.05, 0) is 18.2 Å². The summed E-state index contributed by atoms with van der Waals surface area (Å²) in [6.45, 7) is -0.683. The van der Waals surface area contributed by atoms with Gasteiger partial charge in [-0.25, -0.2) is 32.3 Å². The Morgan fingerprint density at radius 1 is 1.11 bits per heavy atom. The van der Waals surface area contributed by atoms with E-state index in [1.54, 1.807) is 30.1 Å². The summed E-state index contributed by atoms with van der Waals surface area (Å²) in [5.41, 5.74) is -0.523. The minimum atomic E-state index is -2.24. The second-order valence-electron chi connectivity index (χ2n) is 8.30. The molecule has 3 aromatic heterocycles. The van der Waals surface area contributed by atoms with Crippen LogP contribution in [0, 0.1) is 17.5 Å². The molecule has 188 valence electrons. The van der Waals surface area contributed by atoms with Crippen molar-refractivity contribution in [1.82, 2.24) is 28.9 Å². The lowest BCUT2D eigenvalue weighted by Crippen LogP contribution is -2.54. The highest BCUT2D eigenvalue weighted by Crippen LogP contribution is 2.29. The first-order valence-electron chi connectivity index (χ1n) is 10.7. The minimum Gasteiger partial charge on any atom is -0.324 e. The third-order valence-corrected chi connectivity index (χ3v) is 6.55. The first-order valence-corrected chi connectivity index (χ1v) is 12.0. The summed E-state index contributed by atoms with van der Waals surface area (Å²) in [5, 5.41) is 7.06. The summed E-state index contributed by atoms with van der Waals surface area (Å²) in [5.74, 6) is -4.28. The average Bonchev–Trinajstić information content (AvgIpc) is 3.49. The second-order valence-corrected chi connectivity index (χ2v) is 9.42. The van der Waals surface area contributed by atoms with Gasteiger partial charge in [0.05, 0.1) is 49.7 Å². The van der Waals surface area contributed by atoms with E-state index in [0.29, 0.717) is 27.6 Å². The predicted octanol–water partition coefficient (Wildman–Crippen LogP) is 2.61. The molecule has 0 saturated heterocycles. The number of aromatic nitrogens is 6. The number of halogens is 4. The molecule has 0 spiro atoms. The van der Waals surface area contributed by atoms with Crippen LogP contribution in [0.5, 0.6) is 0 Å². The molecule has 5 rings (SSSR count). The molecule has 3 heterocycles. The van der Waals surface area contributed by atoms with Crippen molar-refractivity contribution in [2.75, 3.05) is 5.32 Å². The third-order valence-electron chi connectivity index (χ3n) is 5.66. The fourth-order valence-corrected chi connectivity index (χ4v) is 4.63. The number of anilines is 2. The molecule has 0 fully saturated rings. The van der Waals surface area contributed by atoms with Crippen LogP contribution in [0.4, 0.5) is 24.8 Å². The highest BCUT2D eigenvalue weighted by molar-refractivity contribution is 7.07. The van der Waals surface area contributed by atoms with Crippen LogP contribution in [0.25, 0.3) is 10.9 Å². The minimum absolute atomic E-state index is 0.0140. The fraction of sp³-hybridized carbons (Fsp3) is 0.136. The monoisotopic (exact) mass is 553 g/mol. The van der Waals surface area contributed by atoms with Crippen LogP contribution in [-0.2, 0) is 18.9 Å². The largest absolute Gasteiger partial charge is 0.354 e. The summed E-state index contributed by atoms with van der Waals surface area (Å²) in [6.07, 6.45) is 1.71. The molecule has 0 atom stereocenters. The molecule has 0 amide bonds. The maximum Gasteiger partial charge on any atom is 0.354 e. The van der Waals surface area contributed by atoms with E-state index in [1.165, 1.54) is 10.9 Å². The van der Waals surface area contributed by atoms with Crippen molar-refractivity contribution in [2.24, 2.45) is 7.05 Å². The number of thiazole rings is 1. The summed E-state index contributed by atoms with van der Waals surface area (Å²) in [6, 6.07) is 4.07. The molecular weight excluding hydrogens is 540 g/mol. The Labute approximate surface area is 223 Å². The van der Waals surface area contributed by atoms with E-state index in [1.807, 2.05) is 0 Å². The topological polar surface area (TPSA) is 99.6 Å². The Hall–Kier alpha value is -3.84. The molecule has 4 radical (unpaired) electrons. The summed E-state index contributed by atoms with van der Waals surface area (Å²) in [4.78, 5) is 34.6. The van der Waals surface area contributed by atoms with Crippen molar-refractivity contribution < 1.29 is 13.2 Å². The molecule has 5 aromatic rings. The van der Waals surface area contributed by atoms with Crippen LogP contribution in [0.3, 0.4) is 0 Å². The first kappa shape index (κ1) is 25.8. The molecule has 2 aromatic carbocycles. The smallest absolute Gasteiger partial charge is 0.324 e. The lowest BCUT2D eigenvalue weighted by molar-refractivity contribution is 0.483. The molecule has 0 aliphatic rings. The molecule has 38 heavy (non-hydrogen) atoms. The van der Waals surface area contributed by atoms with Crippen LogP contribution in [0.2, 0.25) is 5.02 Å². The average molecular weight is 554 g/mol.